The summed E-state index contributed by atoms with van der Waals surface area (Å²) in [5, 5.41) is 2.98. The van der Waals surface area contributed by atoms with Crippen LogP contribution in [0, 0.1) is 0 Å². The minimum atomic E-state index is -0.283. The lowest BCUT2D eigenvalue weighted by molar-refractivity contribution is -0.902. The molecule has 2 heterocycles. The molecule has 29 heavy (non-hydrogen) atoms. The summed E-state index contributed by atoms with van der Waals surface area (Å²) in [7, 11) is 1.73. The Morgan fingerprint density at radius 2 is 1.86 bits per heavy atom. The third kappa shape index (κ3) is 3.89. The lowest BCUT2D eigenvalue weighted by Gasteiger charge is -2.33. The number of nitrogens with zero attached hydrogens (tertiary/aromatic N) is 3. The Kier molecular flexibility index (Phi) is 5.61. The smallest absolute Gasteiger partial charge is 0.261 e. The van der Waals surface area contributed by atoms with E-state index >= 15 is 0 Å². The van der Waals surface area contributed by atoms with Gasteiger partial charge in [-0.3, -0.25) is 14.2 Å². The van der Waals surface area contributed by atoms with Gasteiger partial charge >= 0.3 is 0 Å². The molecule has 1 N–H and O–H groups in total. The van der Waals surface area contributed by atoms with E-state index in [4.69, 9.17) is 4.98 Å². The van der Waals surface area contributed by atoms with Crippen LogP contribution in [0.3, 0.4) is 0 Å². The normalized spacial score (nSPS) is 16.4. The molecule has 4 rings (SSSR count). The van der Waals surface area contributed by atoms with Crippen molar-refractivity contribution in [3.8, 4) is 0 Å². The fraction of sp³-hybridized carbons (Fsp3) is 0.409. The second-order valence-electron chi connectivity index (χ2n) is 7.66. The molecular formula is C22H27N4O2S+. The molecule has 1 fully saturated rings. The molecule has 1 amide bonds. The summed E-state index contributed by atoms with van der Waals surface area (Å²) >= 11 is 1.37. The van der Waals surface area contributed by atoms with Crippen LogP contribution in [0.25, 0.3) is 21.7 Å². The van der Waals surface area contributed by atoms with Gasteiger partial charge in [0.1, 0.15) is 0 Å². The Morgan fingerprint density at radius 1 is 1.21 bits per heavy atom. The van der Waals surface area contributed by atoms with E-state index in [0.717, 1.165) is 43.5 Å². The molecule has 0 bridgehead atoms. The zero-order valence-corrected chi connectivity index (χ0v) is 18.0. The highest BCUT2D eigenvalue weighted by Gasteiger charge is 2.27. The third-order valence-electron chi connectivity index (χ3n) is 5.81. The molecule has 2 aromatic carbocycles. The molecule has 0 saturated carbocycles. The summed E-state index contributed by atoms with van der Waals surface area (Å²) in [5.74, 6) is 0.123. The molecule has 1 aliphatic rings. The standard InChI is InChI=1S/C22H26N4O2S/c1-4-25-9-11-26(12-10-25)20(27)15(2)29-22-23-19-14-17-8-6-5-7-16(17)13-18(19)21(28)24(22)3/h5-8,13-15H,4,9-12H2,1-3H3/p+1/t15-/m1/s1. The topological polar surface area (TPSA) is 59.6 Å². The predicted molar refractivity (Wildman–Crippen MR) is 118 cm³/mol. The molecule has 3 aromatic rings. The van der Waals surface area contributed by atoms with Gasteiger partial charge < -0.3 is 9.80 Å². The van der Waals surface area contributed by atoms with Crippen molar-refractivity contribution >= 4 is 39.3 Å². The number of carbonyl (C=O) groups is 1. The second kappa shape index (κ2) is 8.16. The number of rotatable bonds is 4. The molecule has 0 aliphatic carbocycles. The van der Waals surface area contributed by atoms with Crippen LogP contribution in [-0.2, 0) is 11.8 Å². The van der Waals surface area contributed by atoms with E-state index < -0.39 is 0 Å². The number of quaternary nitrogens is 1. The van der Waals surface area contributed by atoms with Gasteiger partial charge in [-0.25, -0.2) is 4.98 Å². The quantitative estimate of drug-likeness (QED) is 0.400. The molecule has 1 aromatic heterocycles. The summed E-state index contributed by atoms with van der Waals surface area (Å²) in [6, 6.07) is 11.8. The monoisotopic (exact) mass is 411 g/mol. The Labute approximate surface area is 174 Å². The van der Waals surface area contributed by atoms with E-state index in [2.05, 4.69) is 6.92 Å². The number of piperazine rings is 1. The van der Waals surface area contributed by atoms with E-state index in [-0.39, 0.29) is 16.7 Å². The highest BCUT2D eigenvalue weighted by molar-refractivity contribution is 8.00. The van der Waals surface area contributed by atoms with Gasteiger partial charge in [-0.05, 0) is 36.8 Å². The second-order valence-corrected chi connectivity index (χ2v) is 8.97. The minimum absolute atomic E-state index is 0.0805. The van der Waals surface area contributed by atoms with Crippen LogP contribution < -0.4 is 10.5 Å². The molecule has 1 atom stereocenters. The van der Waals surface area contributed by atoms with Crippen molar-refractivity contribution in [2.24, 2.45) is 7.05 Å². The number of thioether (sulfide) groups is 1. The van der Waals surface area contributed by atoms with Gasteiger partial charge in [0.15, 0.2) is 5.16 Å². The summed E-state index contributed by atoms with van der Waals surface area (Å²) in [6.45, 7) is 8.78. The summed E-state index contributed by atoms with van der Waals surface area (Å²) in [6.07, 6.45) is 0. The molecule has 152 valence electrons. The lowest BCUT2D eigenvalue weighted by atomic mass is 10.1. The first-order valence-electron chi connectivity index (χ1n) is 10.2. The summed E-state index contributed by atoms with van der Waals surface area (Å²) in [4.78, 5) is 34.1. The molecule has 1 saturated heterocycles. The van der Waals surface area contributed by atoms with E-state index in [1.807, 2.05) is 48.2 Å². The first-order chi connectivity index (χ1) is 14.0. The number of nitrogens with one attached hydrogen (secondary N) is 1. The summed E-state index contributed by atoms with van der Waals surface area (Å²) in [5.41, 5.74) is 0.595. The van der Waals surface area contributed by atoms with E-state index in [0.29, 0.717) is 16.1 Å². The summed E-state index contributed by atoms with van der Waals surface area (Å²) < 4.78 is 1.56. The molecular weight excluding hydrogens is 384 g/mol. The molecule has 7 heteroatoms. The molecule has 6 nitrogen and oxygen atoms in total. The van der Waals surface area contributed by atoms with Gasteiger partial charge in [-0.2, -0.15) is 0 Å². The van der Waals surface area contributed by atoms with Crippen LogP contribution in [-0.4, -0.2) is 58.3 Å². The van der Waals surface area contributed by atoms with Crippen molar-refractivity contribution in [2.45, 2.75) is 24.3 Å². The number of carbonyl (C=O) groups excluding carboxylic acids is 1. The minimum Gasteiger partial charge on any atom is -0.332 e. The van der Waals surface area contributed by atoms with Crippen LogP contribution in [0.4, 0.5) is 0 Å². The first-order valence-corrected chi connectivity index (χ1v) is 11.0. The average molecular weight is 412 g/mol. The van der Waals surface area contributed by atoms with Gasteiger partial charge in [-0.1, -0.05) is 36.0 Å². The van der Waals surface area contributed by atoms with Crippen molar-refractivity contribution in [3.63, 3.8) is 0 Å². The third-order valence-corrected chi connectivity index (χ3v) is 6.95. The zero-order chi connectivity index (χ0) is 20.5. The van der Waals surface area contributed by atoms with Crippen LogP contribution >= 0.6 is 11.8 Å². The Bertz CT molecular complexity index is 1120. The van der Waals surface area contributed by atoms with Gasteiger partial charge in [0, 0.05) is 7.05 Å². The van der Waals surface area contributed by atoms with Crippen LogP contribution in [0.1, 0.15) is 13.8 Å². The highest BCUT2D eigenvalue weighted by Crippen LogP contribution is 2.25. The zero-order valence-electron chi connectivity index (χ0n) is 17.1. The van der Waals surface area contributed by atoms with E-state index in [9.17, 15) is 9.59 Å². The maximum atomic E-state index is 12.9. The van der Waals surface area contributed by atoms with Crippen LogP contribution in [0.5, 0.6) is 0 Å². The van der Waals surface area contributed by atoms with Crippen molar-refractivity contribution in [2.75, 3.05) is 32.7 Å². The van der Waals surface area contributed by atoms with Crippen molar-refractivity contribution < 1.29 is 9.69 Å². The molecule has 1 aliphatic heterocycles. The lowest BCUT2D eigenvalue weighted by Crippen LogP contribution is -3.14. The number of benzene rings is 2. The molecule has 0 unspecified atom stereocenters. The van der Waals surface area contributed by atoms with Gasteiger partial charge in [0.25, 0.3) is 5.56 Å². The fourth-order valence-electron chi connectivity index (χ4n) is 3.91. The fourth-order valence-corrected chi connectivity index (χ4v) is 4.86. The SMILES string of the molecule is CC[NH+]1CCN(C(=O)[C@@H](C)Sc2nc3cc4ccccc4cc3c(=O)n2C)CC1. The average Bonchev–Trinajstić information content (AvgIpc) is 2.75. The molecule has 0 spiro atoms. The van der Waals surface area contributed by atoms with Gasteiger partial charge in [-0.15, -0.1) is 0 Å². The van der Waals surface area contributed by atoms with Crippen molar-refractivity contribution in [3.05, 3.63) is 46.8 Å². The van der Waals surface area contributed by atoms with E-state index in [1.54, 1.807) is 16.5 Å². The van der Waals surface area contributed by atoms with Gasteiger partial charge in [0.05, 0.1) is 48.9 Å². The van der Waals surface area contributed by atoms with Crippen LogP contribution in [0.2, 0.25) is 0 Å². The first kappa shape index (κ1) is 19.9. The number of hydrogen-bond donors (Lipinski definition) is 1. The maximum Gasteiger partial charge on any atom is 0.261 e. The Hall–Kier alpha value is -2.38. The number of likely N-dealkylation sites (N-methyl/N-ethyl adjacent to an activating group) is 1. The van der Waals surface area contributed by atoms with E-state index in [1.165, 1.54) is 11.8 Å². The van der Waals surface area contributed by atoms with Crippen molar-refractivity contribution in [1.82, 2.24) is 14.5 Å². The highest BCUT2D eigenvalue weighted by atomic mass is 32.2. The largest absolute Gasteiger partial charge is 0.332 e. The van der Waals surface area contributed by atoms with Crippen LogP contribution in [0.15, 0.2) is 46.3 Å². The molecule has 0 radical (unpaired) electrons. The Morgan fingerprint density at radius 3 is 2.52 bits per heavy atom. The van der Waals surface area contributed by atoms with Crippen molar-refractivity contribution in [1.29, 1.82) is 0 Å². The maximum absolute atomic E-state index is 12.9. The number of aromatic nitrogens is 2. The predicted octanol–water partition coefficient (Wildman–Crippen LogP) is 1.31. The Balaban J connectivity index is 1.60. The number of amides is 1. The van der Waals surface area contributed by atoms with Gasteiger partial charge in [0.2, 0.25) is 5.91 Å². The number of fused-ring (bicyclic) bond motifs is 2. The number of hydrogen-bond acceptors (Lipinski definition) is 4.